The Hall–Kier alpha value is -0.670. The van der Waals surface area contributed by atoms with Crippen LogP contribution in [0.1, 0.15) is 38.7 Å². The lowest BCUT2D eigenvalue weighted by atomic mass is 9.98. The van der Waals surface area contributed by atoms with Gasteiger partial charge in [0.2, 0.25) is 0 Å². The van der Waals surface area contributed by atoms with Crippen molar-refractivity contribution < 1.29 is 14.4 Å². The minimum Gasteiger partial charge on any atom is -0.327 e. The van der Waals surface area contributed by atoms with Crippen LogP contribution in [0.4, 0.5) is 0 Å². The topological polar surface area (TPSA) is 83.6 Å². The molecule has 1 rings (SSSR count). The van der Waals surface area contributed by atoms with Crippen LogP contribution in [0.3, 0.4) is 0 Å². The molecule has 0 aliphatic carbocycles. The van der Waals surface area contributed by atoms with Gasteiger partial charge in [-0.25, -0.2) is 0 Å². The zero-order valence-corrected chi connectivity index (χ0v) is 13.2. The Bertz CT molecular complexity index is 430. The molecule has 0 spiro atoms. The van der Waals surface area contributed by atoms with Crippen LogP contribution in [0, 0.1) is 5.92 Å². The number of hydrogen-bond donors (Lipinski definition) is 3. The summed E-state index contributed by atoms with van der Waals surface area (Å²) in [5.41, 5.74) is 6.45. The van der Waals surface area contributed by atoms with Crippen molar-refractivity contribution in [2.75, 3.05) is 0 Å². The van der Waals surface area contributed by atoms with E-state index in [0.717, 1.165) is 12.8 Å². The molecule has 5 heteroatoms. The highest BCUT2D eigenvalue weighted by Crippen LogP contribution is 2.45. The van der Waals surface area contributed by atoms with Crippen molar-refractivity contribution in [1.82, 2.24) is 0 Å². The van der Waals surface area contributed by atoms with E-state index in [9.17, 15) is 14.4 Å². The maximum Gasteiger partial charge on any atom is 0.330 e. The van der Waals surface area contributed by atoms with Gasteiger partial charge in [0.25, 0.3) is 0 Å². The lowest BCUT2D eigenvalue weighted by Gasteiger charge is -2.26. The van der Waals surface area contributed by atoms with E-state index in [0.29, 0.717) is 18.8 Å². The third-order valence-electron chi connectivity index (χ3n) is 3.48. The fourth-order valence-corrected chi connectivity index (χ4v) is 3.63. The summed E-state index contributed by atoms with van der Waals surface area (Å²) in [5.74, 6) is 0.341. The maximum absolute atomic E-state index is 11.6. The summed E-state index contributed by atoms with van der Waals surface area (Å²) < 4.78 is 11.6. The highest BCUT2D eigenvalue weighted by Gasteiger charge is 2.33. The molecule has 0 saturated carbocycles. The smallest absolute Gasteiger partial charge is 0.327 e. The van der Waals surface area contributed by atoms with Gasteiger partial charge in [-0.3, -0.25) is 4.57 Å². The van der Waals surface area contributed by atoms with Crippen LogP contribution in [0.2, 0.25) is 0 Å². The summed E-state index contributed by atoms with van der Waals surface area (Å²) in [7, 11) is -4.13. The van der Waals surface area contributed by atoms with Crippen molar-refractivity contribution in [2.45, 2.75) is 51.2 Å². The van der Waals surface area contributed by atoms with E-state index in [4.69, 9.17) is 5.73 Å². The van der Waals surface area contributed by atoms with Gasteiger partial charge in [-0.1, -0.05) is 44.2 Å². The molecule has 114 valence electrons. The predicted molar refractivity (Wildman–Crippen MR) is 82.6 cm³/mol. The molecular formula is C15H26NO3P. The Morgan fingerprint density at radius 2 is 1.80 bits per heavy atom. The van der Waals surface area contributed by atoms with Crippen LogP contribution in [-0.4, -0.2) is 21.5 Å². The van der Waals surface area contributed by atoms with E-state index in [2.05, 4.69) is 0 Å². The fraction of sp³-hybridized carbons (Fsp3) is 0.600. The second-order valence-electron chi connectivity index (χ2n) is 5.83. The first-order chi connectivity index (χ1) is 9.30. The molecule has 1 aromatic rings. The largest absolute Gasteiger partial charge is 0.330 e. The molecule has 0 aliphatic rings. The number of rotatable bonds is 8. The standard InChI is InChI=1S/C15H26NO3P/c1-12(2)11-14(16)15(20(17,18)19)10-6-9-13-7-4-3-5-8-13/h3-5,7-8,12,14-15H,6,9-11,16H2,1-2H3,(H2,17,18,19). The summed E-state index contributed by atoms with van der Waals surface area (Å²) in [4.78, 5) is 19.0. The highest BCUT2D eigenvalue weighted by molar-refractivity contribution is 7.52. The third-order valence-corrected chi connectivity index (χ3v) is 4.98. The molecular weight excluding hydrogens is 273 g/mol. The first-order valence-corrected chi connectivity index (χ1v) is 8.83. The molecule has 0 heterocycles. The van der Waals surface area contributed by atoms with Gasteiger partial charge < -0.3 is 15.5 Å². The van der Waals surface area contributed by atoms with E-state index < -0.39 is 19.3 Å². The average Bonchev–Trinajstić information content (AvgIpc) is 2.33. The zero-order valence-electron chi connectivity index (χ0n) is 12.3. The van der Waals surface area contributed by atoms with Crippen LogP contribution < -0.4 is 5.73 Å². The minimum atomic E-state index is -4.13. The van der Waals surface area contributed by atoms with Crippen molar-refractivity contribution in [3.63, 3.8) is 0 Å². The lowest BCUT2D eigenvalue weighted by molar-refractivity contribution is 0.332. The van der Waals surface area contributed by atoms with Crippen molar-refractivity contribution in [2.24, 2.45) is 11.7 Å². The first-order valence-electron chi connectivity index (χ1n) is 7.15. The molecule has 2 unspecified atom stereocenters. The molecule has 0 aromatic heterocycles. The molecule has 0 radical (unpaired) electrons. The van der Waals surface area contributed by atoms with Gasteiger partial charge in [0.1, 0.15) is 0 Å². The molecule has 0 saturated heterocycles. The SMILES string of the molecule is CC(C)CC(N)C(CCCc1ccccc1)P(=O)(O)O. The Labute approximate surface area is 121 Å². The minimum absolute atomic E-state index is 0.341. The molecule has 2 atom stereocenters. The number of benzene rings is 1. The summed E-state index contributed by atoms with van der Waals surface area (Å²) in [6.07, 6.45) is 2.67. The molecule has 0 amide bonds. The van der Waals surface area contributed by atoms with Crippen LogP contribution in [-0.2, 0) is 11.0 Å². The second kappa shape index (κ2) is 7.94. The highest BCUT2D eigenvalue weighted by atomic mass is 31.2. The predicted octanol–water partition coefficient (Wildman–Crippen LogP) is 2.93. The van der Waals surface area contributed by atoms with Crippen molar-refractivity contribution in [3.8, 4) is 0 Å². The average molecular weight is 299 g/mol. The normalized spacial score (nSPS) is 15.3. The Morgan fingerprint density at radius 1 is 1.20 bits per heavy atom. The monoisotopic (exact) mass is 299 g/mol. The van der Waals surface area contributed by atoms with Gasteiger partial charge in [-0.2, -0.15) is 0 Å². The quantitative estimate of drug-likeness (QED) is 0.644. The van der Waals surface area contributed by atoms with Crippen LogP contribution in [0.5, 0.6) is 0 Å². The molecule has 4 N–H and O–H groups in total. The zero-order chi connectivity index (χ0) is 15.2. The lowest BCUT2D eigenvalue weighted by Crippen LogP contribution is -2.36. The number of nitrogens with two attached hydrogens (primary N) is 1. The molecule has 1 aromatic carbocycles. The summed E-state index contributed by atoms with van der Waals surface area (Å²) in [6, 6.07) is 9.52. The van der Waals surface area contributed by atoms with Crippen molar-refractivity contribution in [1.29, 1.82) is 0 Å². The van der Waals surface area contributed by atoms with Crippen LogP contribution >= 0.6 is 7.60 Å². The number of hydrogen-bond acceptors (Lipinski definition) is 2. The molecule has 0 aliphatic heterocycles. The summed E-state index contributed by atoms with van der Waals surface area (Å²) in [5, 5.41) is 0. The van der Waals surface area contributed by atoms with Crippen molar-refractivity contribution >= 4 is 7.60 Å². The van der Waals surface area contributed by atoms with E-state index in [1.807, 2.05) is 44.2 Å². The maximum atomic E-state index is 11.6. The fourth-order valence-electron chi connectivity index (χ4n) is 2.49. The van der Waals surface area contributed by atoms with Crippen molar-refractivity contribution in [3.05, 3.63) is 35.9 Å². The van der Waals surface area contributed by atoms with Gasteiger partial charge in [-0.15, -0.1) is 0 Å². The summed E-state index contributed by atoms with van der Waals surface area (Å²) >= 11 is 0. The van der Waals surface area contributed by atoms with Crippen LogP contribution in [0.25, 0.3) is 0 Å². The van der Waals surface area contributed by atoms with E-state index in [-0.39, 0.29) is 0 Å². The van der Waals surface area contributed by atoms with E-state index in [1.54, 1.807) is 0 Å². The molecule has 20 heavy (non-hydrogen) atoms. The molecule has 4 nitrogen and oxygen atoms in total. The van der Waals surface area contributed by atoms with Gasteiger partial charge in [-0.05, 0) is 37.2 Å². The summed E-state index contributed by atoms with van der Waals surface area (Å²) in [6.45, 7) is 4.03. The molecule has 0 bridgehead atoms. The first kappa shape index (κ1) is 17.4. The van der Waals surface area contributed by atoms with E-state index in [1.165, 1.54) is 5.56 Å². The van der Waals surface area contributed by atoms with Gasteiger partial charge in [0.15, 0.2) is 0 Å². The Balaban J connectivity index is 2.55. The third kappa shape index (κ3) is 6.19. The van der Waals surface area contributed by atoms with Gasteiger partial charge in [0.05, 0.1) is 5.66 Å². The van der Waals surface area contributed by atoms with Gasteiger partial charge in [0, 0.05) is 6.04 Å². The Morgan fingerprint density at radius 3 is 2.30 bits per heavy atom. The van der Waals surface area contributed by atoms with E-state index >= 15 is 0 Å². The second-order valence-corrected chi connectivity index (χ2v) is 7.67. The Kier molecular flexibility index (Phi) is 6.90. The van der Waals surface area contributed by atoms with Gasteiger partial charge >= 0.3 is 7.60 Å². The molecule has 0 fully saturated rings. The number of aryl methyl sites for hydroxylation is 1. The van der Waals surface area contributed by atoms with Crippen LogP contribution in [0.15, 0.2) is 30.3 Å².